The second kappa shape index (κ2) is 21.4. The molecule has 0 radical (unpaired) electrons. The summed E-state index contributed by atoms with van der Waals surface area (Å²) in [5.41, 5.74) is 7.36. The van der Waals surface area contributed by atoms with Gasteiger partial charge in [-0.3, -0.25) is 0 Å². The van der Waals surface area contributed by atoms with Crippen molar-refractivity contribution in [3.05, 3.63) is 289 Å². The first-order valence-corrected chi connectivity index (χ1v) is 29.4. The average Bonchev–Trinajstić information content (AvgIpc) is 1.50. The molecular weight excluding hydrogens is 1070 g/mol. The van der Waals surface area contributed by atoms with Crippen LogP contribution in [0.3, 0.4) is 0 Å². The normalized spacial score (nSPS) is 12.0. The fraction of sp³-hybridized carbons (Fsp3) is 0.0548. The Kier molecular flexibility index (Phi) is 13.6. The zero-order chi connectivity index (χ0) is 57.7. The van der Waals surface area contributed by atoms with Crippen molar-refractivity contribution in [1.82, 2.24) is 19.5 Å². The predicted octanol–water partition coefficient (Wildman–Crippen LogP) is 17.0. The molecule has 11 aromatic carbocycles. The fourth-order valence-electron chi connectivity index (χ4n) is 11.9. The van der Waals surface area contributed by atoms with E-state index in [-0.39, 0.29) is 0 Å². The molecule has 0 unspecified atom stereocenters. The zero-order valence-electron chi connectivity index (χ0n) is 45.5. The summed E-state index contributed by atoms with van der Waals surface area (Å²) < 4.78 is 88.3. The van der Waals surface area contributed by atoms with Crippen LogP contribution in [0.4, 0.5) is 26.3 Å². The highest BCUT2D eigenvalue weighted by molar-refractivity contribution is 7.19. The number of halogens is 6. The molecule has 4 nitrogen and oxygen atoms in total. The van der Waals surface area contributed by atoms with Gasteiger partial charge in [-0.15, -0.1) is 0 Å². The van der Waals surface area contributed by atoms with E-state index in [1.165, 1.54) is 15.6 Å². The minimum atomic E-state index is -4.58. The van der Waals surface area contributed by atoms with Crippen molar-refractivity contribution in [2.75, 3.05) is 0 Å². The van der Waals surface area contributed by atoms with Crippen LogP contribution >= 0.6 is 0 Å². The molecule has 0 aliphatic rings. The summed E-state index contributed by atoms with van der Waals surface area (Å²) in [6.07, 6.45) is -9.16. The van der Waals surface area contributed by atoms with E-state index in [0.717, 1.165) is 51.7 Å². The van der Waals surface area contributed by atoms with Crippen LogP contribution in [0.5, 0.6) is 0 Å². The van der Waals surface area contributed by atoms with E-state index in [9.17, 15) is 26.3 Å². The smallest absolute Gasteiger partial charge is 0.309 e. The minimum Gasteiger partial charge on any atom is -0.309 e. The zero-order valence-corrected chi connectivity index (χ0v) is 46.5. The Morgan fingerprint density at radius 1 is 0.310 bits per heavy atom. The summed E-state index contributed by atoms with van der Waals surface area (Å²) in [5, 5.41) is 6.18. The average molecular weight is 1130 g/mol. The van der Waals surface area contributed by atoms with Gasteiger partial charge in [0, 0.05) is 33.2 Å². The van der Waals surface area contributed by atoms with Crippen LogP contribution in [-0.4, -0.2) is 27.6 Å². The van der Waals surface area contributed by atoms with Crippen molar-refractivity contribution < 1.29 is 26.3 Å². The van der Waals surface area contributed by atoms with Crippen LogP contribution in [0.2, 0.25) is 0 Å². The molecule has 0 saturated carbocycles. The van der Waals surface area contributed by atoms with Gasteiger partial charge in [-0.1, -0.05) is 206 Å². The molecule has 0 amide bonds. The van der Waals surface area contributed by atoms with Gasteiger partial charge in [0.25, 0.3) is 0 Å². The predicted molar refractivity (Wildman–Crippen MR) is 330 cm³/mol. The van der Waals surface area contributed by atoms with Gasteiger partial charge < -0.3 is 4.57 Å². The van der Waals surface area contributed by atoms with Crippen LogP contribution in [0.15, 0.2) is 267 Å². The maximum absolute atomic E-state index is 14.4. The third kappa shape index (κ3) is 9.96. The number of hydrogen-bond donors (Lipinski definition) is 0. The van der Waals surface area contributed by atoms with Crippen LogP contribution in [0.25, 0.3) is 95.0 Å². The van der Waals surface area contributed by atoms with Gasteiger partial charge in [0.2, 0.25) is 0 Å². The molecule has 0 N–H and O–H groups in total. The van der Waals surface area contributed by atoms with E-state index in [2.05, 4.69) is 114 Å². The Labute approximate surface area is 482 Å². The van der Waals surface area contributed by atoms with Gasteiger partial charge >= 0.3 is 12.4 Å². The van der Waals surface area contributed by atoms with Gasteiger partial charge in [0.05, 0.1) is 22.2 Å². The minimum absolute atomic E-state index is 0.376. The highest BCUT2D eigenvalue weighted by Gasteiger charge is 2.42. The molecule has 0 atom stereocenters. The van der Waals surface area contributed by atoms with Crippen molar-refractivity contribution in [3.63, 3.8) is 0 Å². The van der Waals surface area contributed by atoms with E-state index in [1.54, 1.807) is 26.0 Å². The number of hydrogen-bond acceptors (Lipinski definition) is 3. The molecule has 0 fully saturated rings. The SMILES string of the molecule is Cc1cc(-c2ccc3c(c2)c2cc(-c4cc(C)cc(C(F)(F)F)c4)ccc2n3-c2ccc(-c3cccc([Si](c4ccccc4)(c4ccccc4)c4ccccc4)c3)c(-c3nc(-c4ccccc4)nc(-c4ccccc4)n3)c2)cc(C(F)(F)F)c1. The summed E-state index contributed by atoms with van der Waals surface area (Å²) in [6.45, 7) is 3.27. The molecule has 0 saturated heterocycles. The Hall–Kier alpha value is -9.97. The third-order valence-corrected chi connectivity index (χ3v) is 20.4. The lowest BCUT2D eigenvalue weighted by Crippen LogP contribution is -2.74. The highest BCUT2D eigenvalue weighted by atomic mass is 28.3. The Bertz CT molecular complexity index is 4310. The number of alkyl halides is 6. The van der Waals surface area contributed by atoms with Crippen molar-refractivity contribution in [1.29, 1.82) is 0 Å². The second-order valence-electron chi connectivity index (χ2n) is 21.2. The van der Waals surface area contributed by atoms with Crippen LogP contribution < -0.4 is 20.7 Å². The number of benzene rings is 11. The Morgan fingerprint density at radius 2 is 0.714 bits per heavy atom. The summed E-state index contributed by atoms with van der Waals surface area (Å²) in [7, 11) is -3.03. The summed E-state index contributed by atoms with van der Waals surface area (Å²) in [5.74, 6) is 1.35. The van der Waals surface area contributed by atoms with E-state index in [1.807, 2.05) is 121 Å². The molecule has 2 heterocycles. The van der Waals surface area contributed by atoms with Crippen LogP contribution in [0.1, 0.15) is 22.3 Å². The molecule has 2 aromatic heterocycles. The maximum atomic E-state index is 14.4. The molecule has 0 bridgehead atoms. The van der Waals surface area contributed by atoms with Gasteiger partial charge in [-0.25, -0.2) is 15.0 Å². The van der Waals surface area contributed by atoms with Crippen molar-refractivity contribution in [2.24, 2.45) is 0 Å². The van der Waals surface area contributed by atoms with E-state index in [0.29, 0.717) is 83.9 Å². The molecular formula is C73H50F6N4Si. The molecule has 0 aliphatic heterocycles. The first-order chi connectivity index (χ1) is 40.7. The Morgan fingerprint density at radius 3 is 1.15 bits per heavy atom. The lowest BCUT2D eigenvalue weighted by molar-refractivity contribution is -0.138. The van der Waals surface area contributed by atoms with E-state index in [4.69, 9.17) is 15.0 Å². The quantitative estimate of drug-likeness (QED) is 0.0736. The molecule has 13 rings (SSSR count). The van der Waals surface area contributed by atoms with Crippen molar-refractivity contribution >= 4 is 50.6 Å². The van der Waals surface area contributed by atoms with Crippen molar-refractivity contribution in [3.8, 4) is 73.2 Å². The van der Waals surface area contributed by atoms with Gasteiger partial charge in [-0.05, 0) is 140 Å². The largest absolute Gasteiger partial charge is 0.416 e. The summed E-state index contributed by atoms with van der Waals surface area (Å²) in [4.78, 5) is 15.7. The molecule has 0 aliphatic carbocycles. The number of aryl methyl sites for hydroxylation is 2. The monoisotopic (exact) mass is 1120 g/mol. The van der Waals surface area contributed by atoms with Gasteiger partial charge in [-0.2, -0.15) is 26.3 Å². The van der Waals surface area contributed by atoms with Crippen LogP contribution in [0, 0.1) is 13.8 Å². The summed E-state index contributed by atoms with van der Waals surface area (Å²) >= 11 is 0. The standard InChI is InChI=1S/C73H50F6N4Si/c1-47-37-54(41-56(39-47)72(74,75)76)51-31-35-67-64(44-51)65-45-52(55-38-48(2)40-57(42-55)73(77,78)79)32-36-68(65)83(67)58-33-34-63(66(46-58)71-81-69(49-19-8-3-9-20-49)80-70(82-71)50-21-10-4-11-22-50)53-23-18-30-62(43-53)84(59-24-12-5-13-25-59,60-26-14-6-15-27-60)61-28-16-7-17-29-61/h3-46H,1-2H3. The topological polar surface area (TPSA) is 43.6 Å². The number of fused-ring (bicyclic) bond motifs is 3. The van der Waals surface area contributed by atoms with E-state index < -0.39 is 31.6 Å². The highest BCUT2D eigenvalue weighted by Crippen LogP contribution is 2.42. The third-order valence-electron chi connectivity index (χ3n) is 15.7. The first kappa shape index (κ1) is 53.3. The van der Waals surface area contributed by atoms with Crippen molar-refractivity contribution in [2.45, 2.75) is 26.2 Å². The second-order valence-corrected chi connectivity index (χ2v) is 25.0. The van der Waals surface area contributed by atoms with Gasteiger partial charge in [0.15, 0.2) is 25.5 Å². The number of aromatic nitrogens is 4. The molecule has 0 spiro atoms. The van der Waals surface area contributed by atoms with Crippen LogP contribution in [-0.2, 0) is 12.4 Å². The molecule has 84 heavy (non-hydrogen) atoms. The van der Waals surface area contributed by atoms with Gasteiger partial charge in [0.1, 0.15) is 0 Å². The molecule has 13 aromatic rings. The lowest BCUT2D eigenvalue weighted by atomic mass is 9.96. The number of nitrogens with zero attached hydrogens (tertiary/aromatic N) is 4. The fourth-order valence-corrected chi connectivity index (χ4v) is 16.7. The Balaban J connectivity index is 1.09. The maximum Gasteiger partial charge on any atom is 0.416 e. The lowest BCUT2D eigenvalue weighted by Gasteiger charge is -2.34. The molecule has 11 heteroatoms. The first-order valence-electron chi connectivity index (χ1n) is 27.4. The summed E-state index contributed by atoms with van der Waals surface area (Å²) in [6, 6.07) is 85.9. The van der Waals surface area contributed by atoms with E-state index >= 15 is 0 Å². The number of rotatable bonds is 11. The molecule has 408 valence electrons.